The van der Waals surface area contributed by atoms with Crippen molar-refractivity contribution in [1.29, 1.82) is 0 Å². The standard InChI is InChI=1S/C17H23N5OS2/c18-22-16(24-11-13-7-3-1-4-8-13)20-21-17(22)25-12-15(23)19-14-9-5-2-6-10-14/h1,3-4,7-8,14H,2,5-6,9-12,18H2,(H,19,23). The Morgan fingerprint density at radius 2 is 1.80 bits per heavy atom. The molecule has 0 unspecified atom stereocenters. The molecule has 1 fully saturated rings. The molecule has 3 N–H and O–H groups in total. The molecule has 0 saturated heterocycles. The first-order valence-electron chi connectivity index (χ1n) is 8.52. The van der Waals surface area contributed by atoms with Crippen LogP contribution >= 0.6 is 23.5 Å². The first-order chi connectivity index (χ1) is 12.2. The van der Waals surface area contributed by atoms with Crippen LogP contribution in [-0.2, 0) is 10.5 Å². The van der Waals surface area contributed by atoms with Crippen LogP contribution in [0.5, 0.6) is 0 Å². The van der Waals surface area contributed by atoms with E-state index >= 15 is 0 Å². The van der Waals surface area contributed by atoms with Gasteiger partial charge in [0.1, 0.15) is 0 Å². The number of thioether (sulfide) groups is 2. The van der Waals surface area contributed by atoms with E-state index in [1.165, 1.54) is 53.0 Å². The molecule has 1 aliphatic rings. The zero-order valence-electron chi connectivity index (χ0n) is 14.1. The second-order valence-electron chi connectivity index (χ2n) is 6.10. The van der Waals surface area contributed by atoms with Crippen LogP contribution in [0.25, 0.3) is 0 Å². The monoisotopic (exact) mass is 377 g/mol. The molecule has 25 heavy (non-hydrogen) atoms. The number of nitrogens with one attached hydrogen (secondary N) is 1. The van der Waals surface area contributed by atoms with Gasteiger partial charge < -0.3 is 11.2 Å². The highest BCUT2D eigenvalue weighted by molar-refractivity contribution is 8.00. The first kappa shape index (κ1) is 18.1. The highest BCUT2D eigenvalue weighted by atomic mass is 32.2. The third-order valence-electron chi connectivity index (χ3n) is 4.15. The maximum absolute atomic E-state index is 12.1. The average molecular weight is 378 g/mol. The number of amides is 1. The largest absolute Gasteiger partial charge is 0.353 e. The molecule has 8 heteroatoms. The van der Waals surface area contributed by atoms with Crippen molar-refractivity contribution in [3.05, 3.63) is 35.9 Å². The highest BCUT2D eigenvalue weighted by Crippen LogP contribution is 2.24. The quantitative estimate of drug-likeness (QED) is 0.570. The molecule has 0 atom stereocenters. The van der Waals surface area contributed by atoms with E-state index in [9.17, 15) is 4.79 Å². The summed E-state index contributed by atoms with van der Waals surface area (Å²) in [7, 11) is 0. The molecule has 0 radical (unpaired) electrons. The summed E-state index contributed by atoms with van der Waals surface area (Å²) in [4.78, 5) is 12.1. The van der Waals surface area contributed by atoms with Crippen molar-refractivity contribution < 1.29 is 4.79 Å². The molecule has 1 aromatic heterocycles. The zero-order chi connectivity index (χ0) is 17.5. The predicted octanol–water partition coefficient (Wildman–Crippen LogP) is 2.83. The maximum atomic E-state index is 12.1. The normalized spacial score (nSPS) is 15.2. The van der Waals surface area contributed by atoms with E-state index < -0.39 is 0 Å². The summed E-state index contributed by atoms with van der Waals surface area (Å²) in [6.45, 7) is 0. The van der Waals surface area contributed by atoms with Crippen LogP contribution in [0.1, 0.15) is 37.7 Å². The van der Waals surface area contributed by atoms with E-state index in [0.717, 1.165) is 18.6 Å². The smallest absolute Gasteiger partial charge is 0.230 e. The number of nitrogen functional groups attached to an aromatic ring is 1. The molecule has 3 rings (SSSR count). The summed E-state index contributed by atoms with van der Waals surface area (Å²) in [5.41, 5.74) is 1.21. The Kier molecular flexibility index (Phi) is 6.63. The molecule has 1 heterocycles. The topological polar surface area (TPSA) is 85.8 Å². The number of rotatable bonds is 7. The minimum Gasteiger partial charge on any atom is -0.353 e. The molecular weight excluding hydrogens is 354 g/mol. The van der Waals surface area contributed by atoms with Crippen LogP contribution in [0.2, 0.25) is 0 Å². The van der Waals surface area contributed by atoms with Crippen LogP contribution < -0.4 is 11.2 Å². The molecule has 1 saturated carbocycles. The third-order valence-corrected chi connectivity index (χ3v) is 6.10. The Hall–Kier alpha value is -1.67. The summed E-state index contributed by atoms with van der Waals surface area (Å²) < 4.78 is 1.46. The molecule has 1 amide bonds. The molecule has 1 aliphatic carbocycles. The van der Waals surface area contributed by atoms with E-state index in [0.29, 0.717) is 22.1 Å². The molecule has 6 nitrogen and oxygen atoms in total. The van der Waals surface area contributed by atoms with Gasteiger partial charge in [-0.1, -0.05) is 73.1 Å². The summed E-state index contributed by atoms with van der Waals surface area (Å²) in [5.74, 6) is 7.19. The Morgan fingerprint density at radius 3 is 2.52 bits per heavy atom. The Balaban J connectivity index is 1.46. The van der Waals surface area contributed by atoms with Gasteiger partial charge in [-0.15, -0.1) is 10.2 Å². The van der Waals surface area contributed by atoms with Gasteiger partial charge in [-0.3, -0.25) is 4.79 Å². The molecule has 0 spiro atoms. The van der Waals surface area contributed by atoms with Gasteiger partial charge in [-0.05, 0) is 18.4 Å². The molecule has 0 aliphatic heterocycles. The van der Waals surface area contributed by atoms with Crippen molar-refractivity contribution in [1.82, 2.24) is 20.2 Å². The van der Waals surface area contributed by atoms with Crippen molar-refractivity contribution in [2.45, 2.75) is 54.2 Å². The second kappa shape index (κ2) is 9.15. The molecule has 0 bridgehead atoms. The van der Waals surface area contributed by atoms with Crippen molar-refractivity contribution >= 4 is 29.4 Å². The lowest BCUT2D eigenvalue weighted by atomic mass is 9.95. The minimum absolute atomic E-state index is 0.0402. The van der Waals surface area contributed by atoms with E-state index in [1.54, 1.807) is 0 Å². The van der Waals surface area contributed by atoms with E-state index in [2.05, 4.69) is 27.6 Å². The second-order valence-corrected chi connectivity index (χ2v) is 7.99. The number of carbonyl (C=O) groups excluding carboxylic acids is 1. The Morgan fingerprint density at radius 1 is 1.12 bits per heavy atom. The average Bonchev–Trinajstić information content (AvgIpc) is 3.00. The van der Waals surface area contributed by atoms with Crippen LogP contribution in [0.4, 0.5) is 0 Å². The SMILES string of the molecule is Nn1c(SCC(=O)NC2CCCCC2)nnc1SCc1ccccc1. The van der Waals surface area contributed by atoms with Gasteiger partial charge in [0.2, 0.25) is 16.2 Å². The molecule has 1 aromatic carbocycles. The molecular formula is C17H23N5OS2. The lowest BCUT2D eigenvalue weighted by Gasteiger charge is -2.22. The Labute approximate surface area is 156 Å². The van der Waals surface area contributed by atoms with Gasteiger partial charge in [0, 0.05) is 11.8 Å². The van der Waals surface area contributed by atoms with Gasteiger partial charge in [0.05, 0.1) is 5.75 Å². The molecule has 2 aromatic rings. The Bertz CT molecular complexity index is 686. The van der Waals surface area contributed by atoms with E-state index in [4.69, 9.17) is 5.84 Å². The minimum atomic E-state index is 0.0402. The van der Waals surface area contributed by atoms with Crippen LogP contribution in [-0.4, -0.2) is 32.6 Å². The van der Waals surface area contributed by atoms with Crippen LogP contribution in [0.15, 0.2) is 40.6 Å². The van der Waals surface area contributed by atoms with Gasteiger partial charge in [-0.25, -0.2) is 4.68 Å². The van der Waals surface area contributed by atoms with Gasteiger partial charge in [-0.2, -0.15) is 0 Å². The number of nitrogens with two attached hydrogens (primary N) is 1. The van der Waals surface area contributed by atoms with Crippen LogP contribution in [0.3, 0.4) is 0 Å². The maximum Gasteiger partial charge on any atom is 0.230 e. The van der Waals surface area contributed by atoms with Crippen molar-refractivity contribution in [3.8, 4) is 0 Å². The number of hydrogen-bond acceptors (Lipinski definition) is 6. The number of carbonyl (C=O) groups is 1. The van der Waals surface area contributed by atoms with Gasteiger partial charge >= 0.3 is 0 Å². The van der Waals surface area contributed by atoms with Gasteiger partial charge in [0.15, 0.2) is 0 Å². The first-order valence-corrected chi connectivity index (χ1v) is 10.5. The summed E-state index contributed by atoms with van der Waals surface area (Å²) in [6, 6.07) is 10.5. The highest BCUT2D eigenvalue weighted by Gasteiger charge is 2.17. The van der Waals surface area contributed by atoms with Crippen molar-refractivity contribution in [2.75, 3.05) is 11.6 Å². The zero-order valence-corrected chi connectivity index (χ0v) is 15.7. The van der Waals surface area contributed by atoms with E-state index in [-0.39, 0.29) is 5.91 Å². The number of benzene rings is 1. The fourth-order valence-corrected chi connectivity index (χ4v) is 4.37. The molecule has 134 valence electrons. The fraction of sp³-hybridized carbons (Fsp3) is 0.471. The third kappa shape index (κ3) is 5.40. The number of hydrogen-bond donors (Lipinski definition) is 2. The predicted molar refractivity (Wildman–Crippen MR) is 102 cm³/mol. The lowest BCUT2D eigenvalue weighted by Crippen LogP contribution is -2.37. The van der Waals surface area contributed by atoms with Crippen LogP contribution in [0, 0.1) is 0 Å². The summed E-state index contributed by atoms with van der Waals surface area (Å²) in [6.07, 6.45) is 5.86. The number of nitrogens with zero attached hydrogens (tertiary/aromatic N) is 3. The lowest BCUT2D eigenvalue weighted by molar-refractivity contribution is -0.119. The van der Waals surface area contributed by atoms with Crippen molar-refractivity contribution in [2.24, 2.45) is 0 Å². The fourth-order valence-electron chi connectivity index (χ4n) is 2.83. The summed E-state index contributed by atoms with van der Waals surface area (Å²) >= 11 is 2.86. The van der Waals surface area contributed by atoms with Gasteiger partial charge in [0.25, 0.3) is 0 Å². The van der Waals surface area contributed by atoms with E-state index in [1.807, 2.05) is 18.2 Å². The summed E-state index contributed by atoms with van der Waals surface area (Å²) in [5, 5.41) is 12.5. The van der Waals surface area contributed by atoms with Crippen molar-refractivity contribution in [3.63, 3.8) is 0 Å². The number of aromatic nitrogens is 3.